The van der Waals surface area contributed by atoms with Gasteiger partial charge in [-0.15, -0.1) is 0 Å². The predicted octanol–water partition coefficient (Wildman–Crippen LogP) is 1.71. The van der Waals surface area contributed by atoms with Gasteiger partial charge >= 0.3 is 0 Å². The summed E-state index contributed by atoms with van der Waals surface area (Å²) in [5, 5.41) is 0. The molecule has 1 fully saturated rings. The van der Waals surface area contributed by atoms with E-state index in [0.29, 0.717) is 0 Å². The molecule has 1 aromatic carbocycles. The topological polar surface area (TPSA) is 66.9 Å². The second-order valence-electron chi connectivity index (χ2n) is 4.45. The number of halogens is 2. The Balaban J connectivity index is 2.31. The zero-order chi connectivity index (χ0) is 13.6. The van der Waals surface area contributed by atoms with Crippen molar-refractivity contribution in [2.75, 3.05) is 12.4 Å². The van der Waals surface area contributed by atoms with E-state index in [9.17, 15) is 17.2 Å². The van der Waals surface area contributed by atoms with E-state index in [-0.39, 0.29) is 12.2 Å². The van der Waals surface area contributed by atoms with Gasteiger partial charge in [0.15, 0.2) is 0 Å². The van der Waals surface area contributed by atoms with Gasteiger partial charge in [-0.1, -0.05) is 13.0 Å². The molecule has 1 heterocycles. The van der Waals surface area contributed by atoms with E-state index in [1.54, 1.807) is 0 Å². The summed E-state index contributed by atoms with van der Waals surface area (Å²) < 4.78 is 62.1. The van der Waals surface area contributed by atoms with Crippen LogP contribution in [0.1, 0.15) is 12.5 Å². The fourth-order valence-electron chi connectivity index (χ4n) is 2.07. The Morgan fingerprint density at radius 2 is 2.11 bits per heavy atom. The molecule has 0 spiro atoms. The molecule has 0 aromatic heterocycles. The molecule has 1 N–H and O–H groups in total. The van der Waals surface area contributed by atoms with Gasteiger partial charge in [-0.05, 0) is 6.07 Å². The van der Waals surface area contributed by atoms with Crippen molar-refractivity contribution in [2.24, 2.45) is 5.92 Å². The third kappa shape index (κ3) is 2.52. The van der Waals surface area contributed by atoms with Crippen LogP contribution in [0.2, 0.25) is 0 Å². The summed E-state index contributed by atoms with van der Waals surface area (Å²) in [5.74, 6) is -2.67. The highest BCUT2D eigenvalue weighted by atomic mass is 32.2. The number of ether oxygens (including phenoxy) is 1. The Bertz CT molecular complexity index is 566. The van der Waals surface area contributed by atoms with Crippen LogP contribution < -0.4 is 0 Å². The minimum atomic E-state index is -4.17. The third-order valence-corrected chi connectivity index (χ3v) is 4.02. The zero-order valence-electron chi connectivity index (χ0n) is 9.56. The van der Waals surface area contributed by atoms with Gasteiger partial charge < -0.3 is 4.74 Å². The van der Waals surface area contributed by atoms with Gasteiger partial charge in [0, 0.05) is 17.5 Å². The molecule has 1 aliphatic heterocycles. The molecule has 1 saturated heterocycles. The van der Waals surface area contributed by atoms with Crippen molar-refractivity contribution in [1.29, 1.82) is 0 Å². The van der Waals surface area contributed by atoms with Crippen LogP contribution in [-0.2, 0) is 20.5 Å². The normalized spacial score (nSPS) is 24.9. The summed E-state index contributed by atoms with van der Waals surface area (Å²) in [6.07, 6.45) is 0. The molecule has 1 aliphatic rings. The second-order valence-corrected chi connectivity index (χ2v) is 5.95. The molecule has 0 saturated carbocycles. The van der Waals surface area contributed by atoms with Crippen molar-refractivity contribution in [3.63, 3.8) is 0 Å². The maximum atomic E-state index is 13.6. The maximum Gasteiger partial charge on any atom is 0.265 e. The van der Waals surface area contributed by atoms with Crippen molar-refractivity contribution in [3.8, 4) is 0 Å². The molecule has 4 nitrogen and oxygen atoms in total. The Morgan fingerprint density at radius 3 is 2.56 bits per heavy atom. The van der Waals surface area contributed by atoms with Crippen LogP contribution in [0.5, 0.6) is 0 Å². The first-order valence-electron chi connectivity index (χ1n) is 5.29. The van der Waals surface area contributed by atoms with Crippen LogP contribution in [0.25, 0.3) is 0 Å². The molecular formula is C11H12F2O4S. The molecule has 0 amide bonds. The highest BCUT2D eigenvalue weighted by Crippen LogP contribution is 2.46. The van der Waals surface area contributed by atoms with E-state index in [1.807, 2.05) is 0 Å². The Kier molecular flexibility index (Phi) is 3.16. The standard InChI is InChI=1S/C11H12F2O4S/c1-7(5-18(14,15)16)11(6-17-11)9-3-2-8(12)4-10(9)13/h2-4,7H,5-6H2,1H3,(H,14,15,16)/t7-,11+/m0/s1. The quantitative estimate of drug-likeness (QED) is 0.672. The van der Waals surface area contributed by atoms with Gasteiger partial charge in [0.25, 0.3) is 10.1 Å². The Labute approximate surface area is 103 Å². The van der Waals surface area contributed by atoms with Gasteiger partial charge in [-0.2, -0.15) is 8.42 Å². The lowest BCUT2D eigenvalue weighted by molar-refractivity contribution is 0.235. The summed E-state index contributed by atoms with van der Waals surface area (Å²) in [7, 11) is -4.17. The first-order chi connectivity index (χ1) is 8.24. The van der Waals surface area contributed by atoms with Gasteiger partial charge in [-0.3, -0.25) is 4.55 Å². The van der Waals surface area contributed by atoms with Crippen LogP contribution in [0, 0.1) is 17.6 Å². The molecule has 0 radical (unpaired) electrons. The van der Waals surface area contributed by atoms with E-state index >= 15 is 0 Å². The number of benzene rings is 1. The minimum Gasteiger partial charge on any atom is -0.364 e. The fourth-order valence-corrected chi connectivity index (χ4v) is 2.97. The average Bonchev–Trinajstić information content (AvgIpc) is 2.95. The van der Waals surface area contributed by atoms with Gasteiger partial charge in [0.1, 0.15) is 17.2 Å². The molecule has 7 heteroatoms. The van der Waals surface area contributed by atoms with Crippen molar-refractivity contribution in [2.45, 2.75) is 12.5 Å². The summed E-state index contributed by atoms with van der Waals surface area (Å²) in [6.45, 7) is 1.68. The van der Waals surface area contributed by atoms with E-state index in [0.717, 1.165) is 12.1 Å². The number of hydrogen-bond donors (Lipinski definition) is 1. The lowest BCUT2D eigenvalue weighted by Gasteiger charge is -2.19. The molecule has 18 heavy (non-hydrogen) atoms. The summed E-state index contributed by atoms with van der Waals surface area (Å²) in [4.78, 5) is 0. The Morgan fingerprint density at radius 1 is 1.50 bits per heavy atom. The summed E-state index contributed by atoms with van der Waals surface area (Å²) >= 11 is 0. The molecule has 0 aliphatic carbocycles. The maximum absolute atomic E-state index is 13.6. The van der Waals surface area contributed by atoms with E-state index in [4.69, 9.17) is 9.29 Å². The molecule has 1 aromatic rings. The first-order valence-corrected chi connectivity index (χ1v) is 6.90. The summed E-state index contributed by atoms with van der Waals surface area (Å²) in [5.41, 5.74) is -0.979. The predicted molar refractivity (Wildman–Crippen MR) is 59.6 cm³/mol. The van der Waals surface area contributed by atoms with Crippen LogP contribution in [-0.4, -0.2) is 25.3 Å². The SMILES string of the molecule is C[C@@H](CS(=O)(=O)O)[C@@]1(c2ccc(F)cc2F)CO1. The van der Waals surface area contributed by atoms with Crippen LogP contribution >= 0.6 is 0 Å². The van der Waals surface area contributed by atoms with Crippen molar-refractivity contribution >= 4 is 10.1 Å². The zero-order valence-corrected chi connectivity index (χ0v) is 10.4. The number of epoxide rings is 1. The largest absolute Gasteiger partial charge is 0.364 e. The first kappa shape index (κ1) is 13.4. The smallest absolute Gasteiger partial charge is 0.265 e. The third-order valence-electron chi connectivity index (χ3n) is 3.10. The van der Waals surface area contributed by atoms with Gasteiger partial charge in [0.05, 0.1) is 12.4 Å². The monoisotopic (exact) mass is 278 g/mol. The van der Waals surface area contributed by atoms with E-state index in [2.05, 4.69) is 0 Å². The lowest BCUT2D eigenvalue weighted by Crippen LogP contribution is -2.27. The van der Waals surface area contributed by atoms with E-state index < -0.39 is 39.0 Å². The highest BCUT2D eigenvalue weighted by Gasteiger charge is 2.53. The molecule has 2 atom stereocenters. The number of hydrogen-bond acceptors (Lipinski definition) is 3. The highest BCUT2D eigenvalue weighted by molar-refractivity contribution is 7.85. The van der Waals surface area contributed by atoms with Crippen molar-refractivity contribution in [1.82, 2.24) is 0 Å². The van der Waals surface area contributed by atoms with Gasteiger partial charge in [-0.25, -0.2) is 8.78 Å². The lowest BCUT2D eigenvalue weighted by atomic mass is 9.88. The van der Waals surface area contributed by atoms with Crippen LogP contribution in [0.3, 0.4) is 0 Å². The fraction of sp³-hybridized carbons (Fsp3) is 0.455. The summed E-state index contributed by atoms with van der Waals surface area (Å²) in [6, 6.07) is 3.04. The van der Waals surface area contributed by atoms with Crippen LogP contribution in [0.15, 0.2) is 18.2 Å². The molecule has 0 unspecified atom stereocenters. The second kappa shape index (κ2) is 4.25. The van der Waals surface area contributed by atoms with Gasteiger partial charge in [0.2, 0.25) is 0 Å². The minimum absolute atomic E-state index is 0.111. The Hall–Kier alpha value is -1.05. The molecule has 100 valence electrons. The van der Waals surface area contributed by atoms with Crippen molar-refractivity contribution < 1.29 is 26.5 Å². The number of rotatable bonds is 4. The van der Waals surface area contributed by atoms with Crippen LogP contribution in [0.4, 0.5) is 8.78 Å². The van der Waals surface area contributed by atoms with E-state index in [1.165, 1.54) is 13.0 Å². The molecule has 2 rings (SSSR count). The molecular weight excluding hydrogens is 266 g/mol. The van der Waals surface area contributed by atoms with Crippen molar-refractivity contribution in [3.05, 3.63) is 35.4 Å². The molecule has 0 bridgehead atoms. The average molecular weight is 278 g/mol.